The molecule has 0 spiro atoms. The van der Waals surface area contributed by atoms with E-state index in [1.165, 1.54) is 0 Å². The van der Waals surface area contributed by atoms with Gasteiger partial charge in [-0.3, -0.25) is 0 Å². The highest BCUT2D eigenvalue weighted by Gasteiger charge is 2.25. The van der Waals surface area contributed by atoms with Gasteiger partial charge in [-0.25, -0.2) is 9.79 Å². The van der Waals surface area contributed by atoms with Crippen LogP contribution in [0.2, 0.25) is 0 Å². The molecule has 2 aromatic rings. The van der Waals surface area contributed by atoms with E-state index in [0.717, 1.165) is 10.0 Å². The molecular weight excluding hydrogens is 374 g/mol. The van der Waals surface area contributed by atoms with Crippen molar-refractivity contribution in [1.82, 2.24) is 0 Å². The van der Waals surface area contributed by atoms with Gasteiger partial charge < -0.3 is 14.2 Å². The van der Waals surface area contributed by atoms with Crippen molar-refractivity contribution in [2.45, 2.75) is 0 Å². The summed E-state index contributed by atoms with van der Waals surface area (Å²) >= 11 is 3.40. The van der Waals surface area contributed by atoms with Crippen LogP contribution in [0.25, 0.3) is 6.08 Å². The molecule has 24 heavy (non-hydrogen) atoms. The van der Waals surface area contributed by atoms with Crippen LogP contribution < -0.4 is 9.47 Å². The first-order valence-electron chi connectivity index (χ1n) is 7.11. The summed E-state index contributed by atoms with van der Waals surface area (Å²) < 4.78 is 16.7. The Morgan fingerprint density at radius 3 is 2.58 bits per heavy atom. The first kappa shape index (κ1) is 16.3. The third kappa shape index (κ3) is 3.33. The van der Waals surface area contributed by atoms with Gasteiger partial charge in [0.1, 0.15) is 0 Å². The maximum atomic E-state index is 12.1. The van der Waals surface area contributed by atoms with Gasteiger partial charge in [-0.05, 0) is 42.0 Å². The zero-order valence-electron chi connectivity index (χ0n) is 13.1. The van der Waals surface area contributed by atoms with E-state index in [1.54, 1.807) is 38.5 Å². The van der Waals surface area contributed by atoms with Crippen molar-refractivity contribution < 1.29 is 19.0 Å². The monoisotopic (exact) mass is 387 g/mol. The van der Waals surface area contributed by atoms with Crippen LogP contribution in [0.5, 0.6) is 11.5 Å². The Balaban J connectivity index is 1.94. The van der Waals surface area contributed by atoms with Gasteiger partial charge in [0.25, 0.3) is 0 Å². The summed E-state index contributed by atoms with van der Waals surface area (Å²) in [5.41, 5.74) is 1.74. The van der Waals surface area contributed by atoms with Crippen LogP contribution in [0, 0.1) is 0 Å². The number of cyclic esters (lactones) is 1. The second-order valence-corrected chi connectivity index (χ2v) is 5.88. The van der Waals surface area contributed by atoms with E-state index in [2.05, 4.69) is 20.9 Å². The molecule has 1 aliphatic heterocycles. The molecule has 0 fully saturated rings. The van der Waals surface area contributed by atoms with Gasteiger partial charge in [0.05, 0.1) is 14.2 Å². The minimum absolute atomic E-state index is 0.238. The molecule has 2 aromatic carbocycles. The van der Waals surface area contributed by atoms with E-state index in [9.17, 15) is 4.79 Å². The first-order chi connectivity index (χ1) is 11.6. The Labute approximate surface area is 147 Å². The van der Waals surface area contributed by atoms with E-state index in [4.69, 9.17) is 14.2 Å². The average molecular weight is 388 g/mol. The molecule has 0 N–H and O–H groups in total. The molecule has 0 saturated carbocycles. The van der Waals surface area contributed by atoms with Crippen LogP contribution in [0.1, 0.15) is 11.1 Å². The van der Waals surface area contributed by atoms with Crippen LogP contribution >= 0.6 is 15.9 Å². The maximum Gasteiger partial charge on any atom is 0.363 e. The summed E-state index contributed by atoms with van der Waals surface area (Å²) in [6.45, 7) is 0. The van der Waals surface area contributed by atoms with Gasteiger partial charge in [-0.2, -0.15) is 0 Å². The number of carbonyl (C=O) groups excluding carboxylic acids is 1. The summed E-state index contributed by atoms with van der Waals surface area (Å²) in [5.74, 6) is 0.885. The summed E-state index contributed by atoms with van der Waals surface area (Å²) in [6.07, 6.45) is 1.68. The second kappa shape index (κ2) is 6.88. The van der Waals surface area contributed by atoms with Crippen molar-refractivity contribution in [1.29, 1.82) is 0 Å². The van der Waals surface area contributed by atoms with Crippen molar-refractivity contribution in [3.8, 4) is 11.5 Å². The third-order valence-electron chi connectivity index (χ3n) is 3.40. The van der Waals surface area contributed by atoms with Gasteiger partial charge >= 0.3 is 5.97 Å². The van der Waals surface area contributed by atoms with Crippen LogP contribution in [0.4, 0.5) is 0 Å². The minimum Gasteiger partial charge on any atom is -0.493 e. The number of methoxy groups -OCH3 is 2. The average Bonchev–Trinajstić information content (AvgIpc) is 2.95. The van der Waals surface area contributed by atoms with Crippen molar-refractivity contribution in [3.05, 3.63) is 63.8 Å². The van der Waals surface area contributed by atoms with Gasteiger partial charge in [0, 0.05) is 10.0 Å². The largest absolute Gasteiger partial charge is 0.493 e. The zero-order valence-corrected chi connectivity index (χ0v) is 14.7. The Kier molecular flexibility index (Phi) is 4.66. The normalized spacial score (nSPS) is 15.2. The predicted molar refractivity (Wildman–Crippen MR) is 94.3 cm³/mol. The summed E-state index contributed by atoms with van der Waals surface area (Å²) in [4.78, 5) is 16.3. The van der Waals surface area contributed by atoms with Crippen LogP contribution in [-0.4, -0.2) is 26.1 Å². The number of hydrogen-bond donors (Lipinski definition) is 0. The SMILES string of the molecule is COc1ccc(C2=N/C(=C\c3cccc(Br)c3)C(=O)O2)cc1OC. The minimum atomic E-state index is -0.486. The van der Waals surface area contributed by atoms with Gasteiger partial charge in [-0.15, -0.1) is 0 Å². The number of carbonyl (C=O) groups is 1. The van der Waals surface area contributed by atoms with E-state index in [1.807, 2.05) is 24.3 Å². The lowest BCUT2D eigenvalue weighted by atomic mass is 10.2. The van der Waals surface area contributed by atoms with Gasteiger partial charge in [0.2, 0.25) is 5.90 Å². The van der Waals surface area contributed by atoms with Crippen molar-refractivity contribution in [2.24, 2.45) is 4.99 Å². The topological polar surface area (TPSA) is 57.1 Å². The second-order valence-electron chi connectivity index (χ2n) is 4.96. The molecule has 0 aliphatic carbocycles. The highest BCUT2D eigenvalue weighted by molar-refractivity contribution is 9.10. The third-order valence-corrected chi connectivity index (χ3v) is 3.90. The molecule has 1 aliphatic rings. The van der Waals surface area contributed by atoms with E-state index in [0.29, 0.717) is 17.1 Å². The van der Waals surface area contributed by atoms with Crippen molar-refractivity contribution in [2.75, 3.05) is 14.2 Å². The number of hydrogen-bond acceptors (Lipinski definition) is 5. The highest BCUT2D eigenvalue weighted by Crippen LogP contribution is 2.29. The molecule has 122 valence electrons. The molecule has 0 aromatic heterocycles. The lowest BCUT2D eigenvalue weighted by Gasteiger charge is -2.08. The number of esters is 1. The highest BCUT2D eigenvalue weighted by atomic mass is 79.9. The zero-order chi connectivity index (χ0) is 17.1. The maximum absolute atomic E-state index is 12.1. The summed E-state index contributed by atoms with van der Waals surface area (Å²) in [7, 11) is 3.10. The molecule has 1 heterocycles. The Bertz CT molecular complexity index is 858. The smallest absolute Gasteiger partial charge is 0.363 e. The number of ether oxygens (including phenoxy) is 3. The lowest BCUT2D eigenvalue weighted by Crippen LogP contribution is -2.05. The van der Waals surface area contributed by atoms with Crippen molar-refractivity contribution >= 4 is 33.9 Å². The number of benzene rings is 2. The number of halogens is 1. The molecule has 3 rings (SSSR count). The number of rotatable bonds is 4. The molecular formula is C18H14BrNO4. The Hall–Kier alpha value is -2.60. The Morgan fingerprint density at radius 1 is 1.08 bits per heavy atom. The molecule has 0 atom stereocenters. The van der Waals surface area contributed by atoms with Crippen LogP contribution in [-0.2, 0) is 9.53 Å². The number of aliphatic imine (C=N–C) groups is 1. The van der Waals surface area contributed by atoms with E-state index in [-0.39, 0.29) is 11.6 Å². The van der Waals surface area contributed by atoms with E-state index < -0.39 is 5.97 Å². The Morgan fingerprint density at radius 2 is 1.88 bits per heavy atom. The molecule has 0 bridgehead atoms. The van der Waals surface area contributed by atoms with Crippen molar-refractivity contribution in [3.63, 3.8) is 0 Å². The fourth-order valence-corrected chi connectivity index (χ4v) is 2.67. The van der Waals surface area contributed by atoms with Gasteiger partial charge in [-0.1, -0.05) is 28.1 Å². The summed E-state index contributed by atoms with van der Waals surface area (Å²) in [5, 5.41) is 0. The van der Waals surface area contributed by atoms with Gasteiger partial charge in [0.15, 0.2) is 17.2 Å². The molecule has 5 nitrogen and oxygen atoms in total. The quantitative estimate of drug-likeness (QED) is 0.591. The summed E-state index contributed by atoms with van der Waals surface area (Å²) in [6, 6.07) is 12.8. The molecule has 0 saturated heterocycles. The fourth-order valence-electron chi connectivity index (χ4n) is 2.26. The lowest BCUT2D eigenvalue weighted by molar-refractivity contribution is -0.129. The van der Waals surface area contributed by atoms with Crippen LogP contribution in [0.3, 0.4) is 0 Å². The predicted octanol–water partition coefficient (Wildman–Crippen LogP) is 3.81. The molecule has 0 unspecified atom stereocenters. The van der Waals surface area contributed by atoms with E-state index >= 15 is 0 Å². The first-order valence-corrected chi connectivity index (χ1v) is 7.90. The molecule has 0 amide bonds. The molecule has 0 radical (unpaired) electrons. The fraction of sp³-hybridized carbons (Fsp3) is 0.111. The number of nitrogens with zero attached hydrogens (tertiary/aromatic N) is 1. The molecule has 6 heteroatoms. The van der Waals surface area contributed by atoms with Crippen LogP contribution in [0.15, 0.2) is 57.6 Å². The standard InChI is InChI=1S/C18H14BrNO4/c1-22-15-7-6-12(10-16(15)23-2)17-20-14(18(21)24-17)9-11-4-3-5-13(19)8-11/h3-10H,1-2H3/b14-9-.